The van der Waals surface area contributed by atoms with Crippen molar-refractivity contribution in [2.75, 3.05) is 18.4 Å². The van der Waals surface area contributed by atoms with E-state index in [9.17, 15) is 4.79 Å². The molecule has 0 spiro atoms. The van der Waals surface area contributed by atoms with Crippen molar-refractivity contribution < 1.29 is 4.79 Å². The molecule has 0 aliphatic heterocycles. The van der Waals surface area contributed by atoms with E-state index in [0.717, 1.165) is 36.7 Å². The zero-order valence-corrected chi connectivity index (χ0v) is 15.5. The number of carbonyl (C=O) groups excluding carboxylic acids is 1. The van der Waals surface area contributed by atoms with Gasteiger partial charge in [-0.05, 0) is 44.1 Å². The number of anilines is 1. The van der Waals surface area contributed by atoms with Crippen LogP contribution in [0.1, 0.15) is 69.7 Å². The first-order valence-electron chi connectivity index (χ1n) is 8.75. The van der Waals surface area contributed by atoms with Gasteiger partial charge in [0.1, 0.15) is 0 Å². The third kappa shape index (κ3) is 7.60. The minimum atomic E-state index is 0.0716. The van der Waals surface area contributed by atoms with E-state index in [1.807, 2.05) is 24.3 Å². The molecule has 0 radical (unpaired) electrons. The number of thiocarbonyl (C=S) groups is 1. The maximum Gasteiger partial charge on any atom is 0.173 e. The smallest absolute Gasteiger partial charge is 0.173 e. The summed E-state index contributed by atoms with van der Waals surface area (Å²) < 4.78 is 0. The summed E-state index contributed by atoms with van der Waals surface area (Å²) in [7, 11) is 0. The lowest BCUT2D eigenvalue weighted by molar-refractivity contribution is 0.101. The van der Waals surface area contributed by atoms with Crippen molar-refractivity contribution in [2.45, 2.75) is 59.3 Å². The van der Waals surface area contributed by atoms with Gasteiger partial charge in [0.15, 0.2) is 10.9 Å². The molecule has 4 heteroatoms. The average molecular weight is 335 g/mol. The second kappa shape index (κ2) is 11.2. The van der Waals surface area contributed by atoms with Gasteiger partial charge in [0.05, 0.1) is 0 Å². The summed E-state index contributed by atoms with van der Waals surface area (Å²) in [6.45, 7) is 8.00. The van der Waals surface area contributed by atoms with Gasteiger partial charge in [-0.25, -0.2) is 0 Å². The van der Waals surface area contributed by atoms with Crippen LogP contribution < -0.4 is 5.32 Å². The summed E-state index contributed by atoms with van der Waals surface area (Å²) in [4.78, 5) is 13.8. The lowest BCUT2D eigenvalue weighted by Crippen LogP contribution is -2.36. The van der Waals surface area contributed by atoms with Gasteiger partial charge >= 0.3 is 0 Å². The monoisotopic (exact) mass is 334 g/mol. The van der Waals surface area contributed by atoms with Crippen molar-refractivity contribution >= 4 is 28.8 Å². The molecule has 0 unspecified atom stereocenters. The Morgan fingerprint density at radius 3 is 2.22 bits per heavy atom. The molecule has 0 saturated carbocycles. The van der Waals surface area contributed by atoms with Gasteiger partial charge in [-0.15, -0.1) is 0 Å². The van der Waals surface area contributed by atoms with E-state index in [1.54, 1.807) is 6.92 Å². The Morgan fingerprint density at radius 1 is 1.09 bits per heavy atom. The van der Waals surface area contributed by atoms with Gasteiger partial charge in [0.2, 0.25) is 0 Å². The van der Waals surface area contributed by atoms with E-state index in [1.165, 1.54) is 25.7 Å². The van der Waals surface area contributed by atoms with Crippen molar-refractivity contribution in [1.82, 2.24) is 4.90 Å². The summed E-state index contributed by atoms with van der Waals surface area (Å²) in [5.41, 5.74) is 1.60. The quantitative estimate of drug-likeness (QED) is 0.359. The second-order valence-electron chi connectivity index (χ2n) is 5.97. The van der Waals surface area contributed by atoms with Gasteiger partial charge in [-0.1, -0.05) is 51.7 Å². The Balaban J connectivity index is 2.66. The van der Waals surface area contributed by atoms with E-state index in [4.69, 9.17) is 12.2 Å². The van der Waals surface area contributed by atoms with Crippen molar-refractivity contribution in [2.24, 2.45) is 0 Å². The molecule has 128 valence electrons. The number of unbranched alkanes of at least 4 members (excludes halogenated alkanes) is 4. The normalized spacial score (nSPS) is 10.4. The van der Waals surface area contributed by atoms with Crippen LogP contribution in [0, 0.1) is 0 Å². The maximum absolute atomic E-state index is 11.5. The molecule has 1 N–H and O–H groups in total. The molecule has 1 aromatic rings. The minimum absolute atomic E-state index is 0.0716. The summed E-state index contributed by atoms with van der Waals surface area (Å²) in [6, 6.07) is 7.54. The Morgan fingerprint density at radius 2 is 1.70 bits per heavy atom. The number of ketones is 1. The lowest BCUT2D eigenvalue weighted by Gasteiger charge is -2.26. The second-order valence-corrected chi connectivity index (χ2v) is 6.36. The fourth-order valence-corrected chi connectivity index (χ4v) is 2.74. The third-order valence-electron chi connectivity index (χ3n) is 3.87. The number of nitrogens with zero attached hydrogens (tertiary/aromatic N) is 1. The predicted octanol–water partition coefficient (Wildman–Crippen LogP) is 5.27. The molecule has 1 rings (SSSR count). The highest BCUT2D eigenvalue weighted by molar-refractivity contribution is 7.80. The zero-order valence-electron chi connectivity index (χ0n) is 14.7. The van der Waals surface area contributed by atoms with Gasteiger partial charge < -0.3 is 10.2 Å². The summed E-state index contributed by atoms with van der Waals surface area (Å²) in [5.74, 6) is 0.0716. The maximum atomic E-state index is 11.5. The molecule has 0 fully saturated rings. The van der Waals surface area contributed by atoms with Gasteiger partial charge in [-0.3, -0.25) is 4.79 Å². The molecule has 0 amide bonds. The van der Waals surface area contributed by atoms with Crippen LogP contribution in [-0.4, -0.2) is 28.9 Å². The molecule has 0 bridgehead atoms. The fraction of sp³-hybridized carbons (Fsp3) is 0.579. The van der Waals surface area contributed by atoms with E-state index >= 15 is 0 Å². The van der Waals surface area contributed by atoms with Crippen LogP contribution in [-0.2, 0) is 0 Å². The SMILES string of the molecule is CCCCCN(CCCCC)C(=S)Nc1cccc(C(C)=O)c1. The standard InChI is InChI=1S/C19H30N2OS/c1-4-6-8-13-21(14-9-7-5-2)19(23)20-18-12-10-11-17(15-18)16(3)22/h10-12,15H,4-9,13-14H2,1-3H3,(H,20,23). The Kier molecular flexibility index (Phi) is 9.53. The topological polar surface area (TPSA) is 32.3 Å². The van der Waals surface area contributed by atoms with Crippen LogP contribution in [0.25, 0.3) is 0 Å². The average Bonchev–Trinajstić information content (AvgIpc) is 2.54. The summed E-state index contributed by atoms with van der Waals surface area (Å²) >= 11 is 5.60. The highest BCUT2D eigenvalue weighted by atomic mass is 32.1. The molecule has 0 heterocycles. The first kappa shape index (κ1) is 19.6. The fourth-order valence-electron chi connectivity index (χ4n) is 2.44. The van der Waals surface area contributed by atoms with E-state index in [2.05, 4.69) is 24.1 Å². The number of Topliss-reactive ketones (excluding diaryl/α,β-unsaturated/α-hetero) is 1. The molecule has 0 aliphatic carbocycles. The van der Waals surface area contributed by atoms with E-state index in [0.29, 0.717) is 5.56 Å². The minimum Gasteiger partial charge on any atom is -0.349 e. The third-order valence-corrected chi connectivity index (χ3v) is 4.23. The lowest BCUT2D eigenvalue weighted by atomic mass is 10.1. The summed E-state index contributed by atoms with van der Waals surface area (Å²) in [6.07, 6.45) is 7.21. The van der Waals surface area contributed by atoms with Gasteiger partial charge in [0, 0.05) is 24.3 Å². The van der Waals surface area contributed by atoms with E-state index < -0.39 is 0 Å². The molecule has 1 aromatic carbocycles. The number of hydrogen-bond acceptors (Lipinski definition) is 2. The van der Waals surface area contributed by atoms with Crippen LogP contribution in [0.2, 0.25) is 0 Å². The predicted molar refractivity (Wildman–Crippen MR) is 103 cm³/mol. The number of hydrogen-bond donors (Lipinski definition) is 1. The number of rotatable bonds is 10. The summed E-state index contributed by atoms with van der Waals surface area (Å²) in [5, 5.41) is 4.06. The Labute approximate surface area is 146 Å². The Bertz CT molecular complexity index is 492. The largest absolute Gasteiger partial charge is 0.349 e. The first-order valence-corrected chi connectivity index (χ1v) is 9.16. The molecule has 0 aromatic heterocycles. The molecule has 0 aliphatic rings. The van der Waals surface area contributed by atoms with Crippen LogP contribution in [0.4, 0.5) is 5.69 Å². The van der Waals surface area contributed by atoms with Crippen molar-refractivity contribution in [3.05, 3.63) is 29.8 Å². The number of nitrogens with one attached hydrogen (secondary N) is 1. The van der Waals surface area contributed by atoms with Gasteiger partial charge in [0.25, 0.3) is 0 Å². The van der Waals surface area contributed by atoms with Crippen LogP contribution in [0.3, 0.4) is 0 Å². The van der Waals surface area contributed by atoms with E-state index in [-0.39, 0.29) is 5.78 Å². The van der Waals surface area contributed by atoms with Crippen molar-refractivity contribution in [3.8, 4) is 0 Å². The van der Waals surface area contributed by atoms with Crippen LogP contribution in [0.5, 0.6) is 0 Å². The molecule has 0 atom stereocenters. The van der Waals surface area contributed by atoms with Crippen molar-refractivity contribution in [1.29, 1.82) is 0 Å². The van der Waals surface area contributed by atoms with Crippen molar-refractivity contribution in [3.63, 3.8) is 0 Å². The highest BCUT2D eigenvalue weighted by Gasteiger charge is 2.10. The molecular weight excluding hydrogens is 304 g/mol. The number of benzene rings is 1. The zero-order chi connectivity index (χ0) is 17.1. The highest BCUT2D eigenvalue weighted by Crippen LogP contribution is 2.13. The van der Waals surface area contributed by atoms with Crippen LogP contribution >= 0.6 is 12.2 Å². The first-order chi connectivity index (χ1) is 11.1. The molecular formula is C19H30N2OS. The molecule has 23 heavy (non-hydrogen) atoms. The van der Waals surface area contributed by atoms with Gasteiger partial charge in [-0.2, -0.15) is 0 Å². The molecule has 0 saturated heterocycles. The Hall–Kier alpha value is -1.42. The van der Waals surface area contributed by atoms with Crippen LogP contribution in [0.15, 0.2) is 24.3 Å². The number of carbonyl (C=O) groups is 1. The molecule has 3 nitrogen and oxygen atoms in total.